The van der Waals surface area contributed by atoms with Gasteiger partial charge in [0.05, 0.1) is 17.6 Å². The third-order valence-corrected chi connectivity index (χ3v) is 3.59. The number of hydrogen-bond donors (Lipinski definition) is 1. The Balaban J connectivity index is 2.04. The van der Waals surface area contributed by atoms with Gasteiger partial charge in [0.1, 0.15) is 6.10 Å². The molecule has 1 aromatic heterocycles. The first-order chi connectivity index (χ1) is 10.3. The van der Waals surface area contributed by atoms with Crippen molar-refractivity contribution < 1.29 is 5.11 Å². The van der Waals surface area contributed by atoms with Crippen molar-refractivity contribution in [3.05, 3.63) is 77.6 Å². The van der Waals surface area contributed by atoms with Crippen LogP contribution in [0, 0.1) is 0 Å². The van der Waals surface area contributed by atoms with Crippen LogP contribution in [0.1, 0.15) is 29.8 Å². The molecule has 1 atom stereocenters. The van der Waals surface area contributed by atoms with Crippen molar-refractivity contribution in [2.45, 2.75) is 19.4 Å². The normalized spacial score (nSPS) is 12.3. The largest absolute Gasteiger partial charge is 0.382 e. The molecule has 0 spiro atoms. The van der Waals surface area contributed by atoms with Crippen molar-refractivity contribution in [2.24, 2.45) is 0 Å². The predicted octanol–water partition coefficient (Wildman–Crippen LogP) is 2.91. The van der Waals surface area contributed by atoms with E-state index in [4.69, 9.17) is 0 Å². The molecular formula is C17H17N3O. The van der Waals surface area contributed by atoms with Gasteiger partial charge in [-0.3, -0.25) is 0 Å². The van der Waals surface area contributed by atoms with Gasteiger partial charge in [-0.25, -0.2) is 4.68 Å². The van der Waals surface area contributed by atoms with Crippen molar-refractivity contribution >= 4 is 0 Å². The standard InChI is InChI=1S/C17H17N3O/c1-2-13-8-6-7-11-15(13)17(21)16-12-18-19-20(16)14-9-4-3-5-10-14/h3-12,17,21H,2H2,1H3. The molecule has 0 saturated heterocycles. The fourth-order valence-corrected chi connectivity index (χ4v) is 2.48. The maximum absolute atomic E-state index is 10.7. The zero-order valence-corrected chi connectivity index (χ0v) is 11.8. The maximum Gasteiger partial charge on any atom is 0.123 e. The Hall–Kier alpha value is -2.46. The number of aliphatic hydroxyl groups excluding tert-OH is 1. The summed E-state index contributed by atoms with van der Waals surface area (Å²) in [5, 5.41) is 18.8. The van der Waals surface area contributed by atoms with E-state index >= 15 is 0 Å². The first-order valence-corrected chi connectivity index (χ1v) is 7.03. The Morgan fingerprint density at radius 3 is 2.52 bits per heavy atom. The average Bonchev–Trinajstić information content (AvgIpc) is 3.04. The Kier molecular flexibility index (Phi) is 3.79. The highest BCUT2D eigenvalue weighted by Gasteiger charge is 2.19. The number of benzene rings is 2. The van der Waals surface area contributed by atoms with Crippen LogP contribution in [0.15, 0.2) is 60.8 Å². The second-order valence-electron chi connectivity index (χ2n) is 4.86. The minimum atomic E-state index is -0.739. The molecule has 4 heteroatoms. The number of hydrogen-bond acceptors (Lipinski definition) is 3. The lowest BCUT2D eigenvalue weighted by Gasteiger charge is -2.15. The molecule has 21 heavy (non-hydrogen) atoms. The van der Waals surface area contributed by atoms with E-state index in [2.05, 4.69) is 17.2 Å². The number of aryl methyl sites for hydroxylation is 1. The quantitative estimate of drug-likeness (QED) is 0.799. The molecule has 3 rings (SSSR count). The Morgan fingerprint density at radius 2 is 1.76 bits per heavy atom. The van der Waals surface area contributed by atoms with Crippen LogP contribution in [0.25, 0.3) is 5.69 Å². The zero-order chi connectivity index (χ0) is 14.7. The second-order valence-corrected chi connectivity index (χ2v) is 4.86. The summed E-state index contributed by atoms with van der Waals surface area (Å²) in [6, 6.07) is 17.6. The van der Waals surface area contributed by atoms with Crippen LogP contribution in [0.2, 0.25) is 0 Å². The van der Waals surface area contributed by atoms with E-state index < -0.39 is 6.10 Å². The third kappa shape index (κ3) is 2.58. The summed E-state index contributed by atoms with van der Waals surface area (Å²) < 4.78 is 1.68. The Labute approximate surface area is 123 Å². The van der Waals surface area contributed by atoms with E-state index in [1.54, 1.807) is 10.9 Å². The van der Waals surface area contributed by atoms with Crippen LogP contribution in [0.5, 0.6) is 0 Å². The van der Waals surface area contributed by atoms with Gasteiger partial charge >= 0.3 is 0 Å². The van der Waals surface area contributed by atoms with Crippen molar-refractivity contribution in [3.8, 4) is 5.69 Å². The molecule has 0 bridgehead atoms. The second kappa shape index (κ2) is 5.89. The van der Waals surface area contributed by atoms with E-state index in [1.807, 2.05) is 54.6 Å². The molecule has 2 aromatic carbocycles. The highest BCUT2D eigenvalue weighted by molar-refractivity contribution is 5.37. The van der Waals surface area contributed by atoms with Gasteiger partial charge < -0.3 is 5.11 Å². The van der Waals surface area contributed by atoms with Crippen molar-refractivity contribution in [3.63, 3.8) is 0 Å². The fourth-order valence-electron chi connectivity index (χ4n) is 2.48. The molecule has 1 heterocycles. The fraction of sp³-hybridized carbons (Fsp3) is 0.176. The monoisotopic (exact) mass is 279 g/mol. The topological polar surface area (TPSA) is 50.9 Å². The summed E-state index contributed by atoms with van der Waals surface area (Å²) in [6.45, 7) is 2.08. The maximum atomic E-state index is 10.7. The zero-order valence-electron chi connectivity index (χ0n) is 11.8. The summed E-state index contributed by atoms with van der Waals surface area (Å²) in [7, 11) is 0. The number of nitrogens with zero attached hydrogens (tertiary/aromatic N) is 3. The molecule has 1 unspecified atom stereocenters. The SMILES string of the molecule is CCc1ccccc1C(O)c1cnnn1-c1ccccc1. The Morgan fingerprint density at radius 1 is 1.05 bits per heavy atom. The highest BCUT2D eigenvalue weighted by Crippen LogP contribution is 2.26. The van der Waals surface area contributed by atoms with Gasteiger partial charge in [-0.05, 0) is 29.7 Å². The van der Waals surface area contributed by atoms with E-state index in [-0.39, 0.29) is 0 Å². The van der Waals surface area contributed by atoms with E-state index in [1.165, 1.54) is 0 Å². The first-order valence-electron chi connectivity index (χ1n) is 7.03. The predicted molar refractivity (Wildman–Crippen MR) is 81.2 cm³/mol. The van der Waals surface area contributed by atoms with Crippen LogP contribution < -0.4 is 0 Å². The van der Waals surface area contributed by atoms with E-state index in [9.17, 15) is 5.11 Å². The van der Waals surface area contributed by atoms with Crippen LogP contribution in [-0.2, 0) is 6.42 Å². The van der Waals surface area contributed by atoms with Gasteiger partial charge in [-0.1, -0.05) is 54.6 Å². The molecule has 3 aromatic rings. The van der Waals surface area contributed by atoms with Crippen molar-refractivity contribution in [2.75, 3.05) is 0 Å². The van der Waals surface area contributed by atoms with Crippen molar-refractivity contribution in [1.82, 2.24) is 15.0 Å². The molecule has 106 valence electrons. The van der Waals surface area contributed by atoms with E-state index in [0.717, 1.165) is 23.2 Å². The van der Waals surface area contributed by atoms with Gasteiger partial charge in [0.25, 0.3) is 0 Å². The van der Waals surface area contributed by atoms with Gasteiger partial charge in [0.15, 0.2) is 0 Å². The minimum Gasteiger partial charge on any atom is -0.382 e. The molecule has 0 saturated carbocycles. The molecule has 0 aliphatic rings. The van der Waals surface area contributed by atoms with Crippen LogP contribution in [0.4, 0.5) is 0 Å². The van der Waals surface area contributed by atoms with E-state index in [0.29, 0.717) is 5.69 Å². The summed E-state index contributed by atoms with van der Waals surface area (Å²) >= 11 is 0. The lowest BCUT2D eigenvalue weighted by molar-refractivity contribution is 0.211. The lowest BCUT2D eigenvalue weighted by Crippen LogP contribution is -2.10. The molecule has 0 aliphatic heterocycles. The number of aromatic nitrogens is 3. The molecule has 0 amide bonds. The Bertz CT molecular complexity index is 722. The highest BCUT2D eigenvalue weighted by atomic mass is 16.3. The molecule has 0 radical (unpaired) electrons. The summed E-state index contributed by atoms with van der Waals surface area (Å²) in [4.78, 5) is 0. The van der Waals surface area contributed by atoms with Gasteiger partial charge in [0, 0.05) is 0 Å². The number of aliphatic hydroxyl groups is 1. The third-order valence-electron chi connectivity index (χ3n) is 3.59. The number of para-hydroxylation sites is 1. The molecular weight excluding hydrogens is 262 g/mol. The summed E-state index contributed by atoms with van der Waals surface area (Å²) in [5.41, 5.74) is 3.59. The van der Waals surface area contributed by atoms with Gasteiger partial charge in [-0.2, -0.15) is 0 Å². The smallest absolute Gasteiger partial charge is 0.123 e. The molecule has 1 N–H and O–H groups in total. The number of rotatable bonds is 4. The first kappa shape index (κ1) is 13.5. The van der Waals surface area contributed by atoms with Crippen molar-refractivity contribution in [1.29, 1.82) is 0 Å². The summed E-state index contributed by atoms with van der Waals surface area (Å²) in [5.74, 6) is 0. The minimum absolute atomic E-state index is 0.669. The van der Waals surface area contributed by atoms with Crippen LogP contribution >= 0.6 is 0 Å². The molecule has 0 aliphatic carbocycles. The van der Waals surface area contributed by atoms with Gasteiger partial charge in [-0.15, -0.1) is 5.10 Å². The van der Waals surface area contributed by atoms with Crippen LogP contribution in [0.3, 0.4) is 0 Å². The molecule has 0 fully saturated rings. The van der Waals surface area contributed by atoms with Crippen LogP contribution in [-0.4, -0.2) is 20.1 Å². The lowest BCUT2D eigenvalue weighted by atomic mass is 9.99. The summed E-state index contributed by atoms with van der Waals surface area (Å²) in [6.07, 6.45) is 1.75. The van der Waals surface area contributed by atoms with Gasteiger partial charge in [0.2, 0.25) is 0 Å². The average molecular weight is 279 g/mol. The molecule has 4 nitrogen and oxygen atoms in total.